The third-order valence-corrected chi connectivity index (χ3v) is 3.42. The Morgan fingerprint density at radius 3 is 2.53 bits per heavy atom. The monoisotopic (exact) mass is 263 g/mol. The van der Waals surface area contributed by atoms with Crippen LogP contribution in [0.2, 0.25) is 0 Å². The van der Waals surface area contributed by atoms with Crippen molar-refractivity contribution in [3.63, 3.8) is 0 Å². The standard InChI is InChI=1S/C14H21N3O2/c1-11-8-12(10-13(15)9-11)14(19)17-4-2-16(3-5-17)6-7-18/h8-10,18H,2-7,15H2,1H3. The van der Waals surface area contributed by atoms with Gasteiger partial charge in [0.15, 0.2) is 0 Å². The first-order chi connectivity index (χ1) is 9.10. The second-order valence-electron chi connectivity index (χ2n) is 4.99. The van der Waals surface area contributed by atoms with Crippen molar-refractivity contribution in [1.82, 2.24) is 9.80 Å². The Bertz CT molecular complexity index is 434. The maximum atomic E-state index is 12.4. The number of aliphatic hydroxyl groups excluding tert-OH is 1. The molecule has 0 bridgehead atoms. The number of nitrogens with two attached hydrogens (primary N) is 1. The number of β-amino-alcohol motifs (C(OH)–C–C–N with tert-alkyl or cyclic N) is 1. The van der Waals surface area contributed by atoms with E-state index >= 15 is 0 Å². The van der Waals surface area contributed by atoms with Crippen LogP contribution < -0.4 is 5.73 Å². The molecule has 0 saturated carbocycles. The smallest absolute Gasteiger partial charge is 0.254 e. The van der Waals surface area contributed by atoms with Crippen LogP contribution in [0.4, 0.5) is 5.69 Å². The van der Waals surface area contributed by atoms with Crippen LogP contribution in [0.25, 0.3) is 0 Å². The third-order valence-electron chi connectivity index (χ3n) is 3.42. The summed E-state index contributed by atoms with van der Waals surface area (Å²) in [6, 6.07) is 5.46. The van der Waals surface area contributed by atoms with E-state index in [2.05, 4.69) is 4.90 Å². The highest BCUT2D eigenvalue weighted by molar-refractivity contribution is 5.95. The zero-order valence-corrected chi connectivity index (χ0v) is 11.3. The lowest BCUT2D eigenvalue weighted by molar-refractivity contribution is 0.0615. The maximum Gasteiger partial charge on any atom is 0.254 e. The summed E-state index contributed by atoms with van der Waals surface area (Å²) in [6.07, 6.45) is 0. The van der Waals surface area contributed by atoms with Crippen molar-refractivity contribution < 1.29 is 9.90 Å². The number of carbonyl (C=O) groups is 1. The van der Waals surface area contributed by atoms with Gasteiger partial charge in [0.05, 0.1) is 6.61 Å². The highest BCUT2D eigenvalue weighted by Crippen LogP contribution is 2.14. The molecule has 0 aliphatic carbocycles. The van der Waals surface area contributed by atoms with Gasteiger partial charge in [-0.15, -0.1) is 0 Å². The van der Waals surface area contributed by atoms with Gasteiger partial charge >= 0.3 is 0 Å². The fourth-order valence-corrected chi connectivity index (χ4v) is 2.43. The van der Waals surface area contributed by atoms with Gasteiger partial charge in [0.1, 0.15) is 0 Å². The highest BCUT2D eigenvalue weighted by Gasteiger charge is 2.21. The number of hydrogen-bond acceptors (Lipinski definition) is 4. The van der Waals surface area contributed by atoms with Crippen LogP contribution in [0.1, 0.15) is 15.9 Å². The van der Waals surface area contributed by atoms with Crippen LogP contribution in [0, 0.1) is 6.92 Å². The van der Waals surface area contributed by atoms with Crippen LogP contribution in [-0.2, 0) is 0 Å². The van der Waals surface area contributed by atoms with Crippen LogP contribution in [-0.4, -0.2) is 60.1 Å². The van der Waals surface area contributed by atoms with Crippen molar-refractivity contribution in [2.24, 2.45) is 0 Å². The van der Waals surface area contributed by atoms with E-state index < -0.39 is 0 Å². The summed E-state index contributed by atoms with van der Waals surface area (Å²) in [4.78, 5) is 16.4. The van der Waals surface area contributed by atoms with Gasteiger partial charge in [-0.1, -0.05) is 0 Å². The highest BCUT2D eigenvalue weighted by atomic mass is 16.3. The van der Waals surface area contributed by atoms with Gasteiger partial charge in [-0.3, -0.25) is 9.69 Å². The molecule has 2 rings (SSSR count). The molecule has 1 heterocycles. The van der Waals surface area contributed by atoms with Crippen LogP contribution in [0.3, 0.4) is 0 Å². The SMILES string of the molecule is Cc1cc(N)cc(C(=O)N2CCN(CCO)CC2)c1. The molecule has 3 N–H and O–H groups in total. The van der Waals surface area contributed by atoms with E-state index in [9.17, 15) is 4.79 Å². The van der Waals surface area contributed by atoms with E-state index in [4.69, 9.17) is 10.8 Å². The summed E-state index contributed by atoms with van der Waals surface area (Å²) in [6.45, 7) is 5.81. The summed E-state index contributed by atoms with van der Waals surface area (Å²) in [7, 11) is 0. The first-order valence-electron chi connectivity index (χ1n) is 6.60. The van der Waals surface area contributed by atoms with Crippen LogP contribution in [0.5, 0.6) is 0 Å². The van der Waals surface area contributed by atoms with Gasteiger partial charge in [0.2, 0.25) is 0 Å². The Balaban J connectivity index is 2.01. The molecule has 104 valence electrons. The summed E-state index contributed by atoms with van der Waals surface area (Å²) < 4.78 is 0. The Kier molecular flexibility index (Phi) is 4.39. The predicted molar refractivity (Wildman–Crippen MR) is 75.0 cm³/mol. The molecule has 0 spiro atoms. The molecule has 0 atom stereocenters. The molecule has 0 radical (unpaired) electrons. The Labute approximate surface area is 113 Å². The maximum absolute atomic E-state index is 12.4. The van der Waals surface area contributed by atoms with Crippen molar-refractivity contribution in [1.29, 1.82) is 0 Å². The molecule has 1 aromatic rings. The normalized spacial score (nSPS) is 16.6. The second kappa shape index (κ2) is 6.04. The molecule has 5 nitrogen and oxygen atoms in total. The minimum absolute atomic E-state index is 0.0408. The summed E-state index contributed by atoms with van der Waals surface area (Å²) in [5.41, 5.74) is 8.07. The predicted octanol–water partition coefficient (Wildman–Crippen LogP) is 0.327. The van der Waals surface area contributed by atoms with Gasteiger partial charge in [-0.2, -0.15) is 0 Å². The first-order valence-corrected chi connectivity index (χ1v) is 6.60. The van der Waals surface area contributed by atoms with Crippen LogP contribution in [0.15, 0.2) is 18.2 Å². The lowest BCUT2D eigenvalue weighted by Crippen LogP contribution is -2.49. The third kappa shape index (κ3) is 3.45. The van der Waals surface area contributed by atoms with Crippen LogP contribution >= 0.6 is 0 Å². The number of nitrogens with zero attached hydrogens (tertiary/aromatic N) is 2. The lowest BCUT2D eigenvalue weighted by Gasteiger charge is -2.34. The van der Waals surface area contributed by atoms with E-state index in [1.54, 1.807) is 6.07 Å². The number of amides is 1. The van der Waals surface area contributed by atoms with Crippen molar-refractivity contribution in [3.05, 3.63) is 29.3 Å². The van der Waals surface area contributed by atoms with Crippen molar-refractivity contribution in [3.8, 4) is 0 Å². The van der Waals surface area contributed by atoms with E-state index in [1.165, 1.54) is 0 Å². The molecule has 1 aliphatic heterocycles. The molecule has 1 saturated heterocycles. The summed E-state index contributed by atoms with van der Waals surface area (Å²) >= 11 is 0. The van der Waals surface area contributed by atoms with Gasteiger partial charge in [0.25, 0.3) is 5.91 Å². The number of rotatable bonds is 3. The molecular weight excluding hydrogens is 242 g/mol. The van der Waals surface area contributed by atoms with Gasteiger partial charge in [0, 0.05) is 44.0 Å². The van der Waals surface area contributed by atoms with Crippen molar-refractivity contribution in [2.75, 3.05) is 45.1 Å². The lowest BCUT2D eigenvalue weighted by atomic mass is 10.1. The molecule has 1 aromatic carbocycles. The molecule has 5 heteroatoms. The van der Waals surface area contributed by atoms with Crippen molar-refractivity contribution in [2.45, 2.75) is 6.92 Å². The molecule has 1 amide bonds. The largest absolute Gasteiger partial charge is 0.399 e. The minimum atomic E-state index is 0.0408. The van der Waals surface area contributed by atoms with E-state index in [-0.39, 0.29) is 12.5 Å². The molecule has 0 aromatic heterocycles. The number of anilines is 1. The number of hydrogen-bond donors (Lipinski definition) is 2. The summed E-state index contributed by atoms with van der Waals surface area (Å²) in [5, 5.41) is 8.90. The molecule has 19 heavy (non-hydrogen) atoms. The fourth-order valence-electron chi connectivity index (χ4n) is 2.43. The Hall–Kier alpha value is -1.59. The average molecular weight is 263 g/mol. The number of benzene rings is 1. The Morgan fingerprint density at radius 1 is 1.26 bits per heavy atom. The molecule has 1 fully saturated rings. The van der Waals surface area contributed by atoms with E-state index in [1.807, 2.05) is 24.0 Å². The van der Waals surface area contributed by atoms with Crippen molar-refractivity contribution >= 4 is 11.6 Å². The Morgan fingerprint density at radius 2 is 1.95 bits per heavy atom. The molecular formula is C14H21N3O2. The minimum Gasteiger partial charge on any atom is -0.399 e. The topological polar surface area (TPSA) is 69.8 Å². The van der Waals surface area contributed by atoms with Gasteiger partial charge < -0.3 is 15.7 Å². The number of nitrogen functional groups attached to an aromatic ring is 1. The summed E-state index contributed by atoms with van der Waals surface area (Å²) in [5.74, 6) is 0.0408. The fraction of sp³-hybridized carbons (Fsp3) is 0.500. The number of carbonyl (C=O) groups excluding carboxylic acids is 1. The zero-order valence-electron chi connectivity index (χ0n) is 11.3. The van der Waals surface area contributed by atoms with Gasteiger partial charge in [-0.25, -0.2) is 0 Å². The first kappa shape index (κ1) is 13.8. The number of aryl methyl sites for hydroxylation is 1. The number of aliphatic hydroxyl groups is 1. The van der Waals surface area contributed by atoms with Gasteiger partial charge in [-0.05, 0) is 30.7 Å². The second-order valence-corrected chi connectivity index (χ2v) is 4.99. The molecule has 0 unspecified atom stereocenters. The zero-order chi connectivity index (χ0) is 13.8. The average Bonchev–Trinajstić information content (AvgIpc) is 2.38. The molecule has 1 aliphatic rings. The van der Waals surface area contributed by atoms with E-state index in [0.717, 1.165) is 18.7 Å². The van der Waals surface area contributed by atoms with E-state index in [0.29, 0.717) is 30.9 Å². The quantitative estimate of drug-likeness (QED) is 0.771. The number of piperazine rings is 1.